The van der Waals surface area contributed by atoms with Crippen molar-refractivity contribution < 1.29 is 4.79 Å². The van der Waals surface area contributed by atoms with Gasteiger partial charge in [0.25, 0.3) is 5.91 Å². The average Bonchev–Trinajstić information content (AvgIpc) is 2.62. The molecule has 25 heavy (non-hydrogen) atoms. The molecule has 0 fully saturated rings. The summed E-state index contributed by atoms with van der Waals surface area (Å²) in [6.07, 6.45) is 0. The molecule has 1 amide bonds. The molecule has 0 heterocycles. The molecule has 0 bridgehead atoms. The molecule has 4 nitrogen and oxygen atoms in total. The number of nitrogens with one attached hydrogen (secondary N) is 1. The molecule has 0 aliphatic carbocycles. The Bertz CT molecular complexity index is 667. The molecule has 2 rings (SSSR count). The molecule has 0 spiro atoms. The number of carbonyl (C=O) groups excluding carboxylic acids is 1. The highest BCUT2D eigenvalue weighted by Gasteiger charge is 2.21. The summed E-state index contributed by atoms with van der Waals surface area (Å²) in [4.78, 5) is 16.6. The van der Waals surface area contributed by atoms with Gasteiger partial charge in [0.2, 0.25) is 0 Å². The summed E-state index contributed by atoms with van der Waals surface area (Å²) < 4.78 is 0. The van der Waals surface area contributed by atoms with E-state index >= 15 is 0 Å². The number of amides is 1. The molecule has 0 aliphatic heterocycles. The molecular weight excluding hydrogens is 310 g/mol. The van der Waals surface area contributed by atoms with E-state index in [1.807, 2.05) is 56.6 Å². The van der Waals surface area contributed by atoms with Crippen LogP contribution in [0.4, 0.5) is 0 Å². The van der Waals surface area contributed by atoms with Crippen LogP contribution in [0, 0.1) is 0 Å². The van der Waals surface area contributed by atoms with Gasteiger partial charge in [0.1, 0.15) is 0 Å². The standard InChI is InChI=1S/C21H29N3O/c1-16(22-2)20(23(3)4)18-11-13-19(14-12-18)21(25)24(5)15-17-9-7-6-8-10-17/h6-14,16,20,22H,15H2,1-5H3/t16-,20?/m0/s1. The SMILES string of the molecule is CN[C@@H](C)C(c1ccc(C(=O)N(C)Cc2ccccc2)cc1)N(C)C. The van der Waals surface area contributed by atoms with Gasteiger partial charge >= 0.3 is 0 Å². The van der Waals surface area contributed by atoms with E-state index in [4.69, 9.17) is 0 Å². The van der Waals surface area contributed by atoms with E-state index in [2.05, 4.69) is 43.4 Å². The monoisotopic (exact) mass is 339 g/mol. The first kappa shape index (κ1) is 19.2. The Hall–Kier alpha value is -2.17. The second-order valence-electron chi connectivity index (χ2n) is 6.75. The highest BCUT2D eigenvalue weighted by atomic mass is 16.2. The van der Waals surface area contributed by atoms with E-state index in [1.54, 1.807) is 4.90 Å². The summed E-state index contributed by atoms with van der Waals surface area (Å²) in [7, 11) is 7.96. The van der Waals surface area contributed by atoms with Crippen LogP contribution in [0.5, 0.6) is 0 Å². The van der Waals surface area contributed by atoms with Gasteiger partial charge in [-0.05, 0) is 51.3 Å². The Labute approximate surface area is 151 Å². The van der Waals surface area contributed by atoms with Gasteiger partial charge in [-0.1, -0.05) is 42.5 Å². The summed E-state index contributed by atoms with van der Waals surface area (Å²) in [5, 5.41) is 3.31. The van der Waals surface area contributed by atoms with E-state index < -0.39 is 0 Å². The molecular formula is C21H29N3O. The minimum atomic E-state index is 0.0403. The number of hydrogen-bond acceptors (Lipinski definition) is 3. The van der Waals surface area contributed by atoms with Gasteiger partial charge in [-0.15, -0.1) is 0 Å². The predicted octanol–water partition coefficient (Wildman–Crippen LogP) is 3.17. The van der Waals surface area contributed by atoms with Crippen LogP contribution in [0.25, 0.3) is 0 Å². The lowest BCUT2D eigenvalue weighted by molar-refractivity contribution is 0.0785. The van der Waals surface area contributed by atoms with E-state index in [0.717, 1.165) is 11.1 Å². The van der Waals surface area contributed by atoms with Crippen molar-refractivity contribution in [3.05, 3.63) is 71.3 Å². The highest BCUT2D eigenvalue weighted by molar-refractivity contribution is 5.94. The Morgan fingerprint density at radius 3 is 2.12 bits per heavy atom. The van der Waals surface area contributed by atoms with Crippen LogP contribution in [0.1, 0.15) is 34.5 Å². The maximum atomic E-state index is 12.7. The summed E-state index contributed by atoms with van der Waals surface area (Å²) in [6.45, 7) is 2.77. The summed E-state index contributed by atoms with van der Waals surface area (Å²) >= 11 is 0. The molecule has 1 N–H and O–H groups in total. The third-order valence-electron chi connectivity index (χ3n) is 4.59. The zero-order chi connectivity index (χ0) is 18.4. The van der Waals surface area contributed by atoms with E-state index in [-0.39, 0.29) is 11.9 Å². The molecule has 0 radical (unpaired) electrons. The van der Waals surface area contributed by atoms with Crippen LogP contribution in [0.3, 0.4) is 0 Å². The third-order valence-corrected chi connectivity index (χ3v) is 4.59. The smallest absolute Gasteiger partial charge is 0.253 e. The minimum absolute atomic E-state index is 0.0403. The van der Waals surface area contributed by atoms with Crippen LogP contribution >= 0.6 is 0 Å². The molecule has 0 saturated carbocycles. The maximum absolute atomic E-state index is 12.7. The zero-order valence-electron chi connectivity index (χ0n) is 15.9. The largest absolute Gasteiger partial charge is 0.337 e. The first-order valence-electron chi connectivity index (χ1n) is 8.67. The van der Waals surface area contributed by atoms with Gasteiger partial charge in [-0.3, -0.25) is 4.79 Å². The Balaban J connectivity index is 2.11. The van der Waals surface area contributed by atoms with E-state index in [1.165, 1.54) is 5.56 Å². The van der Waals surface area contributed by atoms with Crippen molar-refractivity contribution in [2.24, 2.45) is 0 Å². The minimum Gasteiger partial charge on any atom is -0.337 e. The lowest BCUT2D eigenvalue weighted by atomic mass is 9.98. The Morgan fingerprint density at radius 2 is 1.60 bits per heavy atom. The number of hydrogen-bond donors (Lipinski definition) is 1. The molecule has 4 heteroatoms. The van der Waals surface area contributed by atoms with Crippen LogP contribution in [-0.4, -0.2) is 49.9 Å². The Morgan fingerprint density at radius 1 is 1.00 bits per heavy atom. The number of carbonyl (C=O) groups is 1. The van der Waals surface area contributed by atoms with Gasteiger partial charge < -0.3 is 15.1 Å². The predicted molar refractivity (Wildman–Crippen MR) is 104 cm³/mol. The quantitative estimate of drug-likeness (QED) is 0.842. The van der Waals surface area contributed by atoms with E-state index in [9.17, 15) is 4.79 Å². The van der Waals surface area contributed by atoms with Gasteiger partial charge in [0.05, 0.1) is 0 Å². The fourth-order valence-corrected chi connectivity index (χ4v) is 3.16. The molecule has 2 aromatic carbocycles. The summed E-state index contributed by atoms with van der Waals surface area (Å²) in [6, 6.07) is 18.6. The van der Waals surface area contributed by atoms with Crippen molar-refractivity contribution in [2.75, 3.05) is 28.2 Å². The first-order valence-corrected chi connectivity index (χ1v) is 8.67. The van der Waals surface area contributed by atoms with Crippen molar-refractivity contribution in [1.82, 2.24) is 15.1 Å². The second kappa shape index (κ2) is 8.79. The fourth-order valence-electron chi connectivity index (χ4n) is 3.16. The van der Waals surface area contributed by atoms with Crippen LogP contribution in [-0.2, 0) is 6.54 Å². The van der Waals surface area contributed by atoms with Gasteiger partial charge in [0.15, 0.2) is 0 Å². The van der Waals surface area contributed by atoms with Gasteiger partial charge in [-0.2, -0.15) is 0 Å². The number of benzene rings is 2. The third kappa shape index (κ3) is 4.91. The van der Waals surface area contributed by atoms with Crippen molar-refractivity contribution >= 4 is 5.91 Å². The zero-order valence-corrected chi connectivity index (χ0v) is 15.9. The van der Waals surface area contributed by atoms with Crippen molar-refractivity contribution in [3.63, 3.8) is 0 Å². The van der Waals surface area contributed by atoms with Crippen LogP contribution in [0.15, 0.2) is 54.6 Å². The molecule has 0 saturated heterocycles. The normalized spacial score (nSPS) is 13.5. The first-order chi connectivity index (χ1) is 11.9. The number of likely N-dealkylation sites (N-methyl/N-ethyl adjacent to an activating group) is 2. The lowest BCUT2D eigenvalue weighted by Crippen LogP contribution is -2.37. The van der Waals surface area contributed by atoms with E-state index in [0.29, 0.717) is 12.6 Å². The Kier molecular flexibility index (Phi) is 6.73. The second-order valence-corrected chi connectivity index (χ2v) is 6.75. The number of rotatable bonds is 7. The number of nitrogens with zero attached hydrogens (tertiary/aromatic N) is 2. The summed E-state index contributed by atoms with van der Waals surface area (Å²) in [5.74, 6) is 0.0403. The van der Waals surface area contributed by atoms with Crippen molar-refractivity contribution in [2.45, 2.75) is 25.6 Å². The summed E-state index contributed by atoms with van der Waals surface area (Å²) in [5.41, 5.74) is 3.05. The average molecular weight is 339 g/mol. The van der Waals surface area contributed by atoms with Crippen LogP contribution in [0.2, 0.25) is 0 Å². The maximum Gasteiger partial charge on any atom is 0.253 e. The lowest BCUT2D eigenvalue weighted by Gasteiger charge is -2.30. The molecule has 134 valence electrons. The van der Waals surface area contributed by atoms with Crippen molar-refractivity contribution in [1.29, 1.82) is 0 Å². The molecule has 0 aromatic heterocycles. The molecule has 2 atom stereocenters. The van der Waals surface area contributed by atoms with Gasteiger partial charge in [0, 0.05) is 31.2 Å². The highest BCUT2D eigenvalue weighted by Crippen LogP contribution is 2.22. The molecule has 1 unspecified atom stereocenters. The van der Waals surface area contributed by atoms with Crippen molar-refractivity contribution in [3.8, 4) is 0 Å². The fraction of sp³-hybridized carbons (Fsp3) is 0.381. The molecule has 0 aliphatic rings. The topological polar surface area (TPSA) is 35.6 Å². The van der Waals surface area contributed by atoms with Crippen LogP contribution < -0.4 is 5.32 Å². The molecule has 2 aromatic rings. The van der Waals surface area contributed by atoms with Gasteiger partial charge in [-0.25, -0.2) is 0 Å².